The number of aromatic amines is 1. The highest BCUT2D eigenvalue weighted by Crippen LogP contribution is 2.19. The van der Waals surface area contributed by atoms with Gasteiger partial charge < -0.3 is 11.1 Å². The van der Waals surface area contributed by atoms with E-state index < -0.39 is 17.2 Å². The summed E-state index contributed by atoms with van der Waals surface area (Å²) in [5.41, 5.74) is 5.46. The van der Waals surface area contributed by atoms with Gasteiger partial charge in [0.15, 0.2) is 5.65 Å². The van der Waals surface area contributed by atoms with Gasteiger partial charge in [0.05, 0.1) is 10.9 Å². The van der Waals surface area contributed by atoms with Crippen LogP contribution < -0.4 is 22.3 Å². The lowest BCUT2D eigenvalue weighted by molar-refractivity contribution is 0.0942. The van der Waals surface area contributed by atoms with Gasteiger partial charge in [-0.15, -0.1) is 24.8 Å². The summed E-state index contributed by atoms with van der Waals surface area (Å²) in [5, 5.41) is 2.87. The summed E-state index contributed by atoms with van der Waals surface area (Å²) in [6.45, 7) is 8.03. The molecule has 2 aromatic heterocycles. The standard InChI is InChI=1S/C16H23N5O3.2ClH/c1-5-21-13-12(15(23)20-16(21)24)10(6-11(19-13)8(2)3)14(22)18-9(4)7-17;;/h6,8-9H,5,7,17H2,1-4H3,(H,18,22)(H,20,23,24);2*1H/t9-;;/m0../s1. The van der Waals surface area contributed by atoms with E-state index in [1.54, 1.807) is 19.9 Å². The number of carbonyl (C=O) groups excluding carboxylic acids is 1. The molecule has 4 N–H and O–H groups in total. The molecule has 0 unspecified atom stereocenters. The minimum Gasteiger partial charge on any atom is -0.348 e. The Morgan fingerprint density at radius 3 is 2.42 bits per heavy atom. The van der Waals surface area contributed by atoms with Gasteiger partial charge in [0.25, 0.3) is 11.5 Å². The largest absolute Gasteiger partial charge is 0.348 e. The number of nitrogens with two attached hydrogens (primary N) is 1. The van der Waals surface area contributed by atoms with Crippen LogP contribution in [0.5, 0.6) is 0 Å². The molecule has 0 aliphatic carbocycles. The molecule has 0 radical (unpaired) electrons. The average Bonchev–Trinajstić information content (AvgIpc) is 2.53. The van der Waals surface area contributed by atoms with Crippen LogP contribution in [0.4, 0.5) is 0 Å². The number of hydrogen-bond donors (Lipinski definition) is 3. The van der Waals surface area contributed by atoms with Crippen LogP contribution in [0.25, 0.3) is 11.0 Å². The van der Waals surface area contributed by atoms with E-state index in [2.05, 4.69) is 15.3 Å². The van der Waals surface area contributed by atoms with Crippen molar-refractivity contribution in [3.63, 3.8) is 0 Å². The number of aryl methyl sites for hydroxylation is 1. The number of nitrogens with one attached hydrogen (secondary N) is 2. The van der Waals surface area contributed by atoms with Gasteiger partial charge in [-0.25, -0.2) is 9.78 Å². The predicted octanol–water partition coefficient (Wildman–Crippen LogP) is 1.15. The van der Waals surface area contributed by atoms with Crippen LogP contribution in [0, 0.1) is 0 Å². The first kappa shape index (κ1) is 24.1. The predicted molar refractivity (Wildman–Crippen MR) is 107 cm³/mol. The Morgan fingerprint density at radius 1 is 1.31 bits per heavy atom. The molecule has 0 bridgehead atoms. The number of aromatic nitrogens is 3. The number of fused-ring (bicyclic) bond motifs is 1. The summed E-state index contributed by atoms with van der Waals surface area (Å²) in [6.07, 6.45) is 0. The summed E-state index contributed by atoms with van der Waals surface area (Å²) in [6, 6.07) is 1.37. The van der Waals surface area contributed by atoms with Crippen molar-refractivity contribution in [2.75, 3.05) is 6.54 Å². The van der Waals surface area contributed by atoms with Gasteiger partial charge in [-0.1, -0.05) is 13.8 Å². The maximum absolute atomic E-state index is 12.6. The summed E-state index contributed by atoms with van der Waals surface area (Å²) in [7, 11) is 0. The molecular formula is C16H25Cl2N5O3. The number of pyridine rings is 1. The monoisotopic (exact) mass is 405 g/mol. The first-order valence-corrected chi connectivity index (χ1v) is 7.98. The molecule has 0 aromatic carbocycles. The SMILES string of the molecule is CCn1c(=O)[nH]c(=O)c2c(C(=O)N[C@@H](C)CN)cc(C(C)C)nc21.Cl.Cl. The van der Waals surface area contributed by atoms with Crippen molar-refractivity contribution < 1.29 is 4.79 Å². The average molecular weight is 406 g/mol. The summed E-state index contributed by atoms with van der Waals surface area (Å²) < 4.78 is 1.35. The van der Waals surface area contributed by atoms with Gasteiger partial charge in [-0.05, 0) is 25.8 Å². The van der Waals surface area contributed by atoms with Gasteiger partial charge in [0.1, 0.15) is 0 Å². The van der Waals surface area contributed by atoms with E-state index in [4.69, 9.17) is 5.73 Å². The highest BCUT2D eigenvalue weighted by molar-refractivity contribution is 6.05. The van der Waals surface area contributed by atoms with Crippen molar-refractivity contribution in [2.24, 2.45) is 5.73 Å². The van der Waals surface area contributed by atoms with Crippen LogP contribution in [0.3, 0.4) is 0 Å². The van der Waals surface area contributed by atoms with Crippen LogP contribution in [0.2, 0.25) is 0 Å². The fourth-order valence-electron chi connectivity index (χ4n) is 2.42. The zero-order valence-corrected chi connectivity index (χ0v) is 16.8. The molecule has 0 aliphatic heterocycles. The second-order valence-electron chi connectivity index (χ2n) is 6.06. The highest BCUT2D eigenvalue weighted by Gasteiger charge is 2.20. The first-order chi connectivity index (χ1) is 11.3. The van der Waals surface area contributed by atoms with E-state index in [1.165, 1.54) is 4.57 Å². The van der Waals surface area contributed by atoms with Gasteiger partial charge in [-0.3, -0.25) is 19.1 Å². The number of halogens is 2. The molecule has 0 aliphatic rings. The summed E-state index contributed by atoms with van der Waals surface area (Å²) in [4.78, 5) is 43.6. The highest BCUT2D eigenvalue weighted by atomic mass is 35.5. The van der Waals surface area contributed by atoms with Crippen LogP contribution in [0.15, 0.2) is 15.7 Å². The Kier molecular flexibility index (Phi) is 8.99. The third kappa shape index (κ3) is 4.63. The Balaban J connectivity index is 0.00000312. The number of hydrogen-bond acceptors (Lipinski definition) is 5. The number of amides is 1. The van der Waals surface area contributed by atoms with E-state index in [0.717, 1.165) is 0 Å². The summed E-state index contributed by atoms with van der Waals surface area (Å²) in [5.74, 6) is -0.373. The topological polar surface area (TPSA) is 123 Å². The van der Waals surface area contributed by atoms with Crippen molar-refractivity contribution in [2.45, 2.75) is 46.2 Å². The van der Waals surface area contributed by atoms with Crippen LogP contribution in [0.1, 0.15) is 49.7 Å². The van der Waals surface area contributed by atoms with Crippen molar-refractivity contribution >= 4 is 41.8 Å². The molecule has 8 nitrogen and oxygen atoms in total. The van der Waals surface area contributed by atoms with E-state index in [-0.39, 0.29) is 59.9 Å². The minimum atomic E-state index is -0.618. The van der Waals surface area contributed by atoms with E-state index in [9.17, 15) is 14.4 Å². The van der Waals surface area contributed by atoms with Crippen molar-refractivity contribution in [1.29, 1.82) is 0 Å². The normalized spacial score (nSPS) is 11.6. The minimum absolute atomic E-state index is 0. The zero-order chi connectivity index (χ0) is 18.0. The number of H-pyrrole nitrogens is 1. The fourth-order valence-corrected chi connectivity index (χ4v) is 2.42. The van der Waals surface area contributed by atoms with Gasteiger partial charge in [-0.2, -0.15) is 0 Å². The van der Waals surface area contributed by atoms with Crippen LogP contribution >= 0.6 is 24.8 Å². The van der Waals surface area contributed by atoms with Crippen molar-refractivity contribution in [3.8, 4) is 0 Å². The van der Waals surface area contributed by atoms with E-state index >= 15 is 0 Å². The molecular weight excluding hydrogens is 381 g/mol. The third-order valence-corrected chi connectivity index (χ3v) is 3.85. The smallest absolute Gasteiger partial charge is 0.329 e. The quantitative estimate of drug-likeness (QED) is 0.688. The van der Waals surface area contributed by atoms with Gasteiger partial charge in [0.2, 0.25) is 0 Å². The Hall–Kier alpha value is -1.90. The molecule has 26 heavy (non-hydrogen) atoms. The summed E-state index contributed by atoms with van der Waals surface area (Å²) >= 11 is 0. The van der Waals surface area contributed by atoms with Gasteiger partial charge in [0, 0.05) is 24.8 Å². The lowest BCUT2D eigenvalue weighted by atomic mass is 10.0. The Bertz CT molecular complexity index is 892. The molecule has 2 rings (SSSR count). The van der Waals surface area contributed by atoms with Crippen LogP contribution in [-0.2, 0) is 6.54 Å². The molecule has 2 heterocycles. The molecule has 2 aromatic rings. The van der Waals surface area contributed by atoms with E-state index in [0.29, 0.717) is 12.2 Å². The van der Waals surface area contributed by atoms with Crippen molar-refractivity contribution in [3.05, 3.63) is 38.2 Å². The molecule has 10 heteroatoms. The molecule has 1 amide bonds. The molecule has 0 spiro atoms. The number of rotatable bonds is 5. The third-order valence-electron chi connectivity index (χ3n) is 3.85. The maximum Gasteiger partial charge on any atom is 0.329 e. The second kappa shape index (κ2) is 9.70. The molecule has 146 valence electrons. The van der Waals surface area contributed by atoms with Crippen LogP contribution in [-0.4, -0.2) is 33.0 Å². The number of nitrogens with zero attached hydrogens (tertiary/aromatic N) is 2. The lowest BCUT2D eigenvalue weighted by Gasteiger charge is -2.16. The Morgan fingerprint density at radius 2 is 1.92 bits per heavy atom. The lowest BCUT2D eigenvalue weighted by Crippen LogP contribution is -2.39. The van der Waals surface area contributed by atoms with E-state index in [1.807, 2.05) is 13.8 Å². The van der Waals surface area contributed by atoms with Gasteiger partial charge >= 0.3 is 5.69 Å². The van der Waals surface area contributed by atoms with Crippen molar-refractivity contribution in [1.82, 2.24) is 19.9 Å². The zero-order valence-electron chi connectivity index (χ0n) is 15.2. The number of carbonyl (C=O) groups is 1. The molecule has 0 fully saturated rings. The molecule has 0 saturated heterocycles. The first-order valence-electron chi connectivity index (χ1n) is 7.98. The maximum atomic E-state index is 12.6. The molecule has 1 atom stereocenters. The molecule has 0 saturated carbocycles. The fraction of sp³-hybridized carbons (Fsp3) is 0.500. The second-order valence-corrected chi connectivity index (χ2v) is 6.06. The Labute approximate surface area is 163 Å².